The van der Waals surface area contributed by atoms with Crippen molar-refractivity contribution in [2.75, 3.05) is 6.26 Å². The Labute approximate surface area is 110 Å². The van der Waals surface area contributed by atoms with E-state index in [0.717, 1.165) is 14.9 Å². The number of carboxylic acid groups (broad SMARTS) is 1. The number of aromatic carboxylic acids is 1. The second-order valence-corrected chi connectivity index (χ2v) is 5.06. The quantitative estimate of drug-likeness (QED) is 0.878. The van der Waals surface area contributed by atoms with Gasteiger partial charge in [-0.25, -0.2) is 4.79 Å². The fourth-order valence-electron chi connectivity index (χ4n) is 1.33. The molecule has 0 aliphatic rings. The lowest BCUT2D eigenvalue weighted by atomic mass is 10.1. The summed E-state index contributed by atoms with van der Waals surface area (Å²) >= 11 is 4.99. The van der Waals surface area contributed by atoms with E-state index in [-0.39, 0.29) is 5.69 Å². The van der Waals surface area contributed by atoms with E-state index in [9.17, 15) is 4.79 Å². The van der Waals surface area contributed by atoms with Crippen molar-refractivity contribution in [2.24, 2.45) is 0 Å². The van der Waals surface area contributed by atoms with E-state index in [4.69, 9.17) is 9.63 Å². The molecule has 6 heteroatoms. The number of hydrogen-bond donors (Lipinski definition) is 1. The van der Waals surface area contributed by atoms with E-state index < -0.39 is 5.97 Å². The molecular formula is C11H8BrNO3S. The monoisotopic (exact) mass is 313 g/mol. The molecule has 17 heavy (non-hydrogen) atoms. The van der Waals surface area contributed by atoms with Gasteiger partial charge < -0.3 is 9.63 Å². The van der Waals surface area contributed by atoms with Gasteiger partial charge in [0.2, 0.25) is 0 Å². The summed E-state index contributed by atoms with van der Waals surface area (Å²) in [5.74, 6) is -0.654. The number of thioether (sulfide) groups is 1. The number of rotatable bonds is 3. The lowest BCUT2D eigenvalue weighted by Crippen LogP contribution is -1.94. The molecule has 2 rings (SSSR count). The molecular weight excluding hydrogens is 306 g/mol. The van der Waals surface area contributed by atoms with Crippen LogP contribution in [-0.4, -0.2) is 22.5 Å². The molecule has 1 N–H and O–H groups in total. The summed E-state index contributed by atoms with van der Waals surface area (Å²) < 4.78 is 5.92. The Hall–Kier alpha value is -1.27. The van der Waals surface area contributed by atoms with Crippen LogP contribution in [0.1, 0.15) is 10.5 Å². The normalized spacial score (nSPS) is 10.5. The van der Waals surface area contributed by atoms with Crippen LogP contribution in [0.2, 0.25) is 0 Å². The van der Waals surface area contributed by atoms with Gasteiger partial charge >= 0.3 is 5.97 Å². The van der Waals surface area contributed by atoms with E-state index in [1.807, 2.05) is 24.5 Å². The Morgan fingerprint density at radius 3 is 2.76 bits per heavy atom. The number of aromatic nitrogens is 1. The molecule has 0 saturated carbocycles. The van der Waals surface area contributed by atoms with E-state index in [1.54, 1.807) is 11.8 Å². The molecule has 0 fully saturated rings. The van der Waals surface area contributed by atoms with Gasteiger partial charge in [-0.15, -0.1) is 11.8 Å². The number of benzene rings is 1. The van der Waals surface area contributed by atoms with Crippen molar-refractivity contribution in [3.63, 3.8) is 0 Å². The van der Waals surface area contributed by atoms with Crippen LogP contribution in [0.5, 0.6) is 0 Å². The summed E-state index contributed by atoms with van der Waals surface area (Å²) in [7, 11) is 0. The van der Waals surface area contributed by atoms with Crippen molar-refractivity contribution in [1.82, 2.24) is 5.16 Å². The molecule has 0 bridgehead atoms. The largest absolute Gasteiger partial charge is 0.476 e. The van der Waals surface area contributed by atoms with Crippen LogP contribution in [-0.2, 0) is 0 Å². The lowest BCUT2D eigenvalue weighted by molar-refractivity contribution is 0.0686. The second kappa shape index (κ2) is 4.93. The number of carboxylic acids is 1. The van der Waals surface area contributed by atoms with Crippen LogP contribution in [0.15, 0.2) is 38.2 Å². The Balaban J connectivity index is 2.44. The van der Waals surface area contributed by atoms with Crippen LogP contribution in [0.25, 0.3) is 11.3 Å². The van der Waals surface area contributed by atoms with Gasteiger partial charge in [0.15, 0.2) is 11.5 Å². The summed E-state index contributed by atoms with van der Waals surface area (Å²) in [6, 6.07) is 7.16. The predicted molar refractivity (Wildman–Crippen MR) is 68.4 cm³/mol. The summed E-state index contributed by atoms with van der Waals surface area (Å²) in [5.41, 5.74) is 0.703. The third kappa shape index (κ3) is 2.70. The highest BCUT2D eigenvalue weighted by atomic mass is 79.9. The highest BCUT2D eigenvalue weighted by Crippen LogP contribution is 2.29. The molecule has 0 spiro atoms. The van der Waals surface area contributed by atoms with Crippen LogP contribution in [0.4, 0.5) is 0 Å². The predicted octanol–water partition coefficient (Wildman–Crippen LogP) is 3.52. The molecule has 0 aliphatic heterocycles. The third-order valence-electron chi connectivity index (χ3n) is 2.12. The van der Waals surface area contributed by atoms with Crippen molar-refractivity contribution in [3.8, 4) is 11.3 Å². The van der Waals surface area contributed by atoms with Gasteiger partial charge in [-0.3, -0.25) is 0 Å². The van der Waals surface area contributed by atoms with Crippen LogP contribution >= 0.6 is 27.7 Å². The fraction of sp³-hybridized carbons (Fsp3) is 0.0909. The first-order chi connectivity index (χ1) is 8.10. The summed E-state index contributed by atoms with van der Waals surface area (Å²) in [6.45, 7) is 0. The van der Waals surface area contributed by atoms with Gasteiger partial charge in [0, 0.05) is 21.0 Å². The van der Waals surface area contributed by atoms with Crippen molar-refractivity contribution in [3.05, 3.63) is 34.4 Å². The molecule has 0 unspecified atom stereocenters. The highest BCUT2D eigenvalue weighted by molar-refractivity contribution is 9.10. The molecule has 4 nitrogen and oxygen atoms in total. The smallest absolute Gasteiger partial charge is 0.358 e. The minimum absolute atomic E-state index is 0.0920. The van der Waals surface area contributed by atoms with Gasteiger partial charge in [0.25, 0.3) is 0 Å². The SMILES string of the molecule is CSc1cc(Br)cc(-c2cc(C(=O)O)no2)c1. The Kier molecular flexibility index (Phi) is 3.54. The van der Waals surface area contributed by atoms with E-state index in [0.29, 0.717) is 5.76 Å². The Bertz CT molecular complexity index is 568. The van der Waals surface area contributed by atoms with E-state index >= 15 is 0 Å². The van der Waals surface area contributed by atoms with Gasteiger partial charge in [0.05, 0.1) is 0 Å². The molecule has 0 aliphatic carbocycles. The molecule has 88 valence electrons. The Morgan fingerprint density at radius 1 is 1.41 bits per heavy atom. The fourth-order valence-corrected chi connectivity index (χ4v) is 2.47. The number of carbonyl (C=O) groups is 1. The molecule has 0 amide bonds. The number of nitrogens with zero attached hydrogens (tertiary/aromatic N) is 1. The van der Waals surface area contributed by atoms with Gasteiger partial charge in [-0.2, -0.15) is 0 Å². The minimum atomic E-state index is -1.10. The zero-order valence-corrected chi connectivity index (χ0v) is 11.2. The van der Waals surface area contributed by atoms with Crippen LogP contribution in [0.3, 0.4) is 0 Å². The summed E-state index contributed by atoms with van der Waals surface area (Å²) in [5, 5.41) is 12.2. The molecule has 0 atom stereocenters. The Morgan fingerprint density at radius 2 is 2.18 bits per heavy atom. The number of halogens is 1. The molecule has 1 aromatic carbocycles. The summed E-state index contributed by atoms with van der Waals surface area (Å²) in [4.78, 5) is 11.8. The topological polar surface area (TPSA) is 63.3 Å². The van der Waals surface area contributed by atoms with E-state index in [1.165, 1.54) is 6.07 Å². The van der Waals surface area contributed by atoms with Gasteiger partial charge in [-0.05, 0) is 24.5 Å². The molecule has 2 aromatic rings. The first-order valence-corrected chi connectivity index (χ1v) is 6.67. The standard InChI is InChI=1S/C11H8BrNO3S/c1-17-8-3-6(2-7(12)4-8)10-5-9(11(14)15)13-16-10/h2-5H,1H3,(H,14,15). The molecule has 0 radical (unpaired) electrons. The summed E-state index contributed by atoms with van der Waals surface area (Å²) in [6.07, 6.45) is 1.97. The van der Waals surface area contributed by atoms with Crippen LogP contribution in [0, 0.1) is 0 Å². The third-order valence-corrected chi connectivity index (χ3v) is 3.29. The van der Waals surface area contributed by atoms with Gasteiger partial charge in [-0.1, -0.05) is 21.1 Å². The lowest BCUT2D eigenvalue weighted by Gasteiger charge is -2.01. The second-order valence-electron chi connectivity index (χ2n) is 3.26. The van der Waals surface area contributed by atoms with Crippen molar-refractivity contribution >= 4 is 33.7 Å². The van der Waals surface area contributed by atoms with Crippen molar-refractivity contribution < 1.29 is 14.4 Å². The zero-order chi connectivity index (χ0) is 12.4. The van der Waals surface area contributed by atoms with Gasteiger partial charge in [0.1, 0.15) is 0 Å². The minimum Gasteiger partial charge on any atom is -0.476 e. The maximum absolute atomic E-state index is 10.7. The molecule has 0 saturated heterocycles. The molecule has 1 heterocycles. The zero-order valence-electron chi connectivity index (χ0n) is 8.81. The van der Waals surface area contributed by atoms with Crippen LogP contribution < -0.4 is 0 Å². The van der Waals surface area contributed by atoms with E-state index in [2.05, 4.69) is 21.1 Å². The first-order valence-electron chi connectivity index (χ1n) is 4.65. The number of hydrogen-bond acceptors (Lipinski definition) is 4. The average Bonchev–Trinajstić information content (AvgIpc) is 2.77. The first kappa shape index (κ1) is 12.2. The van der Waals surface area contributed by atoms with Crippen molar-refractivity contribution in [2.45, 2.75) is 4.90 Å². The maximum Gasteiger partial charge on any atom is 0.358 e. The highest BCUT2D eigenvalue weighted by Gasteiger charge is 2.12. The molecule has 1 aromatic heterocycles. The average molecular weight is 314 g/mol. The maximum atomic E-state index is 10.7. The van der Waals surface area contributed by atoms with Crippen molar-refractivity contribution in [1.29, 1.82) is 0 Å².